The second-order valence-electron chi connectivity index (χ2n) is 28.3. The van der Waals surface area contributed by atoms with E-state index >= 15 is 0 Å². The molecule has 15 rings (SSSR count). The Balaban J connectivity index is 0.000000147. The number of aliphatic hydroxyl groups excluding tert-OH is 10. The Bertz CT molecular complexity index is 5770. The van der Waals surface area contributed by atoms with Gasteiger partial charge in [0.15, 0.2) is 104 Å². The molecule has 0 spiro atoms. The van der Waals surface area contributed by atoms with Gasteiger partial charge in [-0.2, -0.15) is 19.9 Å². The maximum Gasteiger partial charge on any atom is 0.280 e. The van der Waals surface area contributed by atoms with Gasteiger partial charge >= 0.3 is 0 Å². The summed E-state index contributed by atoms with van der Waals surface area (Å²) >= 11 is 5.12. The van der Waals surface area contributed by atoms with Crippen molar-refractivity contribution in [3.63, 3.8) is 0 Å². The number of nitrogens with one attached hydrogen (secondary N) is 4. The molecule has 0 aromatic carbocycles. The first kappa shape index (κ1) is 89.2. The molecule has 5 aliphatic rings. The fraction of sp³-hybridized carbons (Fsp3) is 0.486. The van der Waals surface area contributed by atoms with Crippen LogP contribution < -0.4 is 45.3 Å². The lowest BCUT2D eigenvalue weighted by molar-refractivity contribution is -0.0847. The topological polar surface area (TPSA) is 735 Å². The summed E-state index contributed by atoms with van der Waals surface area (Å²) in [5.41, 5.74) is 17.7. The van der Waals surface area contributed by atoms with E-state index in [4.69, 9.17) is 64.6 Å². The Labute approximate surface area is 680 Å². The van der Waals surface area contributed by atoms with E-state index in [-0.39, 0.29) is 67.6 Å². The maximum absolute atomic E-state index is 14.2. The number of imidazole rings is 3. The highest BCUT2D eigenvalue weighted by Gasteiger charge is 2.62. The number of halogens is 1. The summed E-state index contributed by atoms with van der Waals surface area (Å²) in [6, 6.07) is 1.49. The smallest absolute Gasteiger partial charge is 0.280 e. The highest BCUT2D eigenvalue weighted by Crippen LogP contribution is 2.46. The van der Waals surface area contributed by atoms with Gasteiger partial charge in [-0.3, -0.25) is 47.6 Å². The second-order valence-corrected chi connectivity index (χ2v) is 28.7. The van der Waals surface area contributed by atoms with Crippen LogP contribution in [-0.2, 0) is 23.7 Å². The van der Waals surface area contributed by atoms with Crippen LogP contribution in [0, 0.1) is 69.7 Å². The summed E-state index contributed by atoms with van der Waals surface area (Å²) in [5, 5.41) is 155. The van der Waals surface area contributed by atoms with Crippen molar-refractivity contribution < 1.29 is 105 Å². The number of nitrogen functional groups attached to an aromatic ring is 5. The van der Waals surface area contributed by atoms with Crippen LogP contribution in [0.3, 0.4) is 0 Å². The summed E-state index contributed by atoms with van der Waals surface area (Å²) in [5.74, 6) is 24.1. The van der Waals surface area contributed by atoms with E-state index in [0.29, 0.717) is 22.3 Å². The Morgan fingerprint density at radius 3 is 1.23 bits per heavy atom. The molecular formula is C72H86FN23O23S. The SMILES string of the molecule is CC#CC1(O)[C@@H](O)[C@@H]([C@H](C)O)O[C@H]1n1cc(F)c2c(=O)[nH]c(N)nc21.CC#CC1(O)[C@@H](O)[C@@H]([C@H](C)O)O[C@H]1n1ccc2c(=O)[nH]c(N)nc21.CC#CC1(O)[C@@H](O)[C@@H]([C@H](C)O)O[C@H]1n1cnc2c(=O)[nH]c(N)nc21.CC#CC1(O)[C@@H](O)[C@@H]([C@H](C)O)O[C@H]1n1cnc2c(=S)nc(N)[nH]c21.CC#CC1(O)[C@@H](O)[C@@H]([C@H](C)O)O[C@H]1n1cnc2cnc(N)nc21. The molecule has 5 unspecified atom stereocenters. The predicted molar refractivity (Wildman–Crippen MR) is 419 cm³/mol. The lowest BCUT2D eigenvalue weighted by Gasteiger charge is -2.26. The average Bonchev–Trinajstić information content (AvgIpc) is 1.61. The molecule has 10 aromatic rings. The molecule has 48 heteroatoms. The minimum Gasteiger partial charge on any atom is -0.391 e. The standard InChI is InChI=1S/C15H17FN4O5.C15H18N4O5.C14H17N5O5.C14H17N5O4S.C14H17N5O4/c1-3-4-15(24)10(22)9(6(2)21)25-13(15)20-5-7(16)8-11(20)18-14(17)19-12(8)23;1-3-5-15(23)10(21)9(7(2)20)24-13(15)19-6-4-8-11(19)17-14(16)18-12(8)22;1-3-4-14(23)9(21)8(6(2)20)24-12(14)19-5-16-7-10(19)17-13(15)18-11(7)22;1-3-4-14(22)9(21)8(6(2)20)23-12(14)19-5-16-7-10(19)17-13(15)18-11(7)24;1-3-4-14(22)10(21)9(7(2)20)23-12(14)19-6-17-8-5-16-13(15)18-11(8)19/h5-6,9-10,13,21-22,24H,1-2H3,(H3,17,18,19,23);4,6-7,9-10,13,20-21,23H,1-2H3,(H3,16,17,18,22);5-6,8-9,12,20-21,23H,1-2H3,(H3,15,17,18,22);5-6,8-9,12,20-22H,1-2H3,(H3,15,17,18,24);5-7,9-10,12,20-22H,1-2H3,(H2,15,16,18)/t6-,9+,10-,13+,15?;7-,9+,10-,13+,15?;2*6-,8+,9-,12+,14?;7-,9+,10-,12+,14?/m00000/s1. The lowest BCUT2D eigenvalue weighted by atomic mass is 9.93. The maximum atomic E-state index is 14.2. The fourth-order valence-corrected chi connectivity index (χ4v) is 14.6. The lowest BCUT2D eigenvalue weighted by Crippen LogP contribution is -2.47. The number of hydrogen-bond acceptors (Lipinski definition) is 38. The van der Waals surface area contributed by atoms with Crippen molar-refractivity contribution in [2.45, 2.75) is 220 Å². The van der Waals surface area contributed by atoms with Crippen molar-refractivity contribution in [3.8, 4) is 59.2 Å². The van der Waals surface area contributed by atoms with Crippen LogP contribution in [0.1, 0.15) is 100 Å². The first-order valence-electron chi connectivity index (χ1n) is 36.2. The number of aliphatic hydroxyl groups is 15. The largest absolute Gasteiger partial charge is 0.391 e. The Kier molecular flexibility index (Phi) is 25.5. The zero-order chi connectivity index (χ0) is 88.2. The van der Waals surface area contributed by atoms with Crippen molar-refractivity contribution in [2.24, 2.45) is 0 Å². The van der Waals surface area contributed by atoms with Crippen molar-refractivity contribution in [1.82, 2.24) is 87.6 Å². The van der Waals surface area contributed by atoms with Crippen LogP contribution in [0.2, 0.25) is 0 Å². The first-order chi connectivity index (χ1) is 56.5. The van der Waals surface area contributed by atoms with Crippen molar-refractivity contribution in [3.05, 3.63) is 85.2 Å². The number of fused-ring (bicyclic) bond motifs is 5. The average molecular weight is 1690 g/mol. The van der Waals surface area contributed by atoms with Crippen molar-refractivity contribution >= 4 is 97.5 Å². The number of aromatic amines is 4. The zero-order valence-corrected chi connectivity index (χ0v) is 65.8. The van der Waals surface area contributed by atoms with Gasteiger partial charge in [-0.15, -0.1) is 29.6 Å². The third kappa shape index (κ3) is 15.8. The summed E-state index contributed by atoms with van der Waals surface area (Å²) in [6.45, 7) is 14.6. The molecule has 5 saturated heterocycles. The predicted octanol–water partition coefficient (Wildman–Crippen LogP) is -6.10. The summed E-state index contributed by atoms with van der Waals surface area (Å²) in [4.78, 5) is 81.4. The van der Waals surface area contributed by atoms with Crippen LogP contribution in [-0.4, -0.2) is 284 Å². The number of rotatable bonds is 10. The molecule has 0 saturated carbocycles. The third-order valence-electron chi connectivity index (χ3n) is 19.9. The minimum absolute atomic E-state index is 0.00501. The molecule has 120 heavy (non-hydrogen) atoms. The molecule has 29 N–H and O–H groups in total. The van der Waals surface area contributed by atoms with Crippen LogP contribution >= 0.6 is 12.2 Å². The van der Waals surface area contributed by atoms with Crippen LogP contribution in [0.25, 0.3) is 55.6 Å². The zero-order valence-electron chi connectivity index (χ0n) is 65.0. The van der Waals surface area contributed by atoms with Crippen molar-refractivity contribution in [2.75, 3.05) is 28.7 Å². The molecule has 10 aromatic heterocycles. The minimum atomic E-state index is -2.16. The van der Waals surface area contributed by atoms with Gasteiger partial charge in [0.2, 0.25) is 23.8 Å². The number of nitrogens with zero attached hydrogens (tertiary/aromatic N) is 14. The Morgan fingerprint density at radius 2 is 0.792 bits per heavy atom. The summed E-state index contributed by atoms with van der Waals surface area (Å²) in [7, 11) is 0. The van der Waals surface area contributed by atoms with E-state index in [2.05, 4.69) is 124 Å². The van der Waals surface area contributed by atoms with E-state index in [1.54, 1.807) is 0 Å². The number of ether oxygens (including phenoxy) is 5. The molecule has 5 fully saturated rings. The molecule has 640 valence electrons. The molecule has 0 aliphatic carbocycles. The van der Waals surface area contributed by atoms with Crippen LogP contribution in [0.5, 0.6) is 0 Å². The van der Waals surface area contributed by atoms with Gasteiger partial charge in [-0.25, -0.2) is 29.3 Å². The van der Waals surface area contributed by atoms with Gasteiger partial charge in [-0.05, 0) is 75.3 Å². The number of H-pyrrole nitrogens is 4. The highest BCUT2D eigenvalue weighted by atomic mass is 32.1. The number of nitrogens with two attached hydrogens (primary N) is 5. The van der Waals surface area contributed by atoms with Gasteiger partial charge in [0.1, 0.15) is 83.1 Å². The van der Waals surface area contributed by atoms with E-state index in [1.165, 1.54) is 125 Å². The molecular weight excluding hydrogens is 1610 g/mol. The van der Waals surface area contributed by atoms with Crippen LogP contribution in [0.4, 0.5) is 34.1 Å². The van der Waals surface area contributed by atoms with Gasteiger partial charge in [-0.1, -0.05) is 41.8 Å². The molecule has 0 bridgehead atoms. The second kappa shape index (κ2) is 34.3. The van der Waals surface area contributed by atoms with E-state index in [9.17, 15) is 95.4 Å². The summed E-state index contributed by atoms with van der Waals surface area (Å²) in [6.07, 6.45) is -16.2. The highest BCUT2D eigenvalue weighted by molar-refractivity contribution is 7.71. The first-order valence-corrected chi connectivity index (χ1v) is 36.6. The quantitative estimate of drug-likeness (QED) is 0.0448. The number of anilines is 5. The normalized spacial score (nSPS) is 31.0. The van der Waals surface area contributed by atoms with Gasteiger partial charge in [0, 0.05) is 12.4 Å². The van der Waals surface area contributed by atoms with Gasteiger partial charge in [0.25, 0.3) is 16.7 Å². The molecule has 0 amide bonds. The van der Waals surface area contributed by atoms with Gasteiger partial charge in [0.05, 0.1) is 61.1 Å². The molecule has 0 radical (unpaired) electrons. The fourth-order valence-electron chi connectivity index (χ4n) is 14.4. The van der Waals surface area contributed by atoms with Gasteiger partial charge < -0.3 is 139 Å². The summed E-state index contributed by atoms with van der Waals surface area (Å²) < 4.78 is 49.1. The Morgan fingerprint density at radius 1 is 0.442 bits per heavy atom. The Hall–Kier alpha value is -11.6. The molecule has 25 atom stereocenters. The van der Waals surface area contributed by atoms with E-state index in [0.717, 1.165) is 10.8 Å². The van der Waals surface area contributed by atoms with E-state index < -0.39 is 173 Å². The molecule has 46 nitrogen and oxygen atoms in total. The monoisotopic (exact) mass is 1690 g/mol. The third-order valence-corrected chi connectivity index (χ3v) is 20.2. The number of aromatic nitrogens is 18. The number of hydrogen-bond donors (Lipinski definition) is 24. The van der Waals surface area contributed by atoms with Crippen LogP contribution in [0.15, 0.2) is 58.0 Å². The van der Waals surface area contributed by atoms with Crippen molar-refractivity contribution in [1.29, 1.82) is 0 Å². The molecule has 5 aliphatic heterocycles. The van der Waals surface area contributed by atoms with E-state index in [1.807, 2.05) is 0 Å². The molecule has 15 heterocycles.